The molecule has 0 aliphatic heterocycles. The summed E-state index contributed by atoms with van der Waals surface area (Å²) in [4.78, 5) is 0. The van der Waals surface area contributed by atoms with Crippen molar-refractivity contribution in [3.63, 3.8) is 0 Å². The smallest absolute Gasteiger partial charge is 0.314 e. The van der Waals surface area contributed by atoms with Crippen LogP contribution in [-0.2, 0) is 25.9 Å². The number of ether oxygens (including phenoxy) is 2. The van der Waals surface area contributed by atoms with Crippen molar-refractivity contribution in [1.29, 1.82) is 0 Å². The summed E-state index contributed by atoms with van der Waals surface area (Å²) < 4.78 is 37.3. The molecule has 2 atom stereocenters. The molecule has 0 spiro atoms. The fourth-order valence-electron chi connectivity index (χ4n) is 4.42. The van der Waals surface area contributed by atoms with Crippen LogP contribution in [0.15, 0.2) is 0 Å². The molecule has 0 aliphatic rings. The van der Waals surface area contributed by atoms with Crippen LogP contribution in [0, 0.1) is 0 Å². The van der Waals surface area contributed by atoms with Crippen LogP contribution >= 0.6 is 0 Å². The van der Waals surface area contributed by atoms with Gasteiger partial charge in [-0.1, -0.05) is 0 Å². The van der Waals surface area contributed by atoms with E-state index in [1.54, 1.807) is 0 Å². The largest absolute Gasteiger partial charge is 0.436 e. The normalized spacial score (nSPS) is 15.7. The van der Waals surface area contributed by atoms with Crippen molar-refractivity contribution in [3.8, 4) is 0 Å². The molecule has 224 valence electrons. The summed E-state index contributed by atoms with van der Waals surface area (Å²) in [6.07, 6.45) is 0.00844. The second-order valence-electron chi connectivity index (χ2n) is 12.2. The van der Waals surface area contributed by atoms with Crippen molar-refractivity contribution in [2.45, 2.75) is 103 Å². The third-order valence-electron chi connectivity index (χ3n) is 5.20. The molecule has 0 heterocycles. The highest BCUT2D eigenvalue weighted by molar-refractivity contribution is 6.90. The molecule has 0 amide bonds. The summed E-state index contributed by atoms with van der Waals surface area (Å²) in [6.45, 7) is 21.9. The Kier molecular flexibility index (Phi) is 17.1. The quantitative estimate of drug-likeness (QED) is 0.106. The fraction of sp³-hybridized carbons (Fsp3) is 1.00. The first-order valence-electron chi connectivity index (χ1n) is 13.3. The predicted molar refractivity (Wildman–Crippen MR) is 158 cm³/mol. The van der Waals surface area contributed by atoms with E-state index in [1.807, 2.05) is 0 Å². The Morgan fingerprint density at radius 3 is 1.11 bits per heavy atom. The molecule has 2 unspecified atom stereocenters. The first-order valence-corrected chi connectivity index (χ1v) is 28.0. The number of aliphatic hydroxyl groups excluding tert-OH is 4. The Morgan fingerprint density at radius 2 is 0.811 bits per heavy atom. The summed E-state index contributed by atoms with van der Waals surface area (Å²) in [7, 11) is -11.4. The lowest BCUT2D eigenvalue weighted by Crippen LogP contribution is -2.58. The van der Waals surface area contributed by atoms with Crippen molar-refractivity contribution >= 4 is 42.3 Å². The topological polar surface area (TPSA) is 136 Å². The molecule has 10 nitrogen and oxygen atoms in total. The van der Waals surface area contributed by atoms with Crippen molar-refractivity contribution in [3.05, 3.63) is 0 Å². The average Bonchev–Trinajstić information content (AvgIpc) is 2.68. The molecule has 0 saturated heterocycles. The standard InChI is InChI=1S/C22H56O10Si5/c1-33(2,15-11-13-27-19-21(25)17-23)29-35(5,6)31-37(9,10)32-36(7,8)30-34(3,4)16-12-14-28-20-22(26)18-24/h21-26H,11-20H2,1-10H3. The number of aliphatic hydroxyl groups is 4. The van der Waals surface area contributed by atoms with Gasteiger partial charge in [-0.15, -0.1) is 0 Å². The Hall–Kier alpha value is 0.684. The molecule has 0 aromatic rings. The summed E-state index contributed by atoms with van der Waals surface area (Å²) in [6, 6.07) is 1.83. The third kappa shape index (κ3) is 20.2. The van der Waals surface area contributed by atoms with E-state index in [0.717, 1.165) is 24.9 Å². The van der Waals surface area contributed by atoms with E-state index in [-0.39, 0.29) is 26.4 Å². The molecule has 37 heavy (non-hydrogen) atoms. The van der Waals surface area contributed by atoms with E-state index in [2.05, 4.69) is 65.5 Å². The van der Waals surface area contributed by atoms with Crippen LogP contribution in [0.5, 0.6) is 0 Å². The maximum absolute atomic E-state index is 9.37. The summed E-state index contributed by atoms with van der Waals surface area (Å²) in [5.74, 6) is 0. The van der Waals surface area contributed by atoms with Gasteiger partial charge in [-0.05, 0) is 90.4 Å². The summed E-state index contributed by atoms with van der Waals surface area (Å²) >= 11 is 0. The van der Waals surface area contributed by atoms with Crippen LogP contribution in [-0.4, -0.2) is 115 Å². The lowest BCUT2D eigenvalue weighted by atomic mass is 10.4. The van der Waals surface area contributed by atoms with E-state index < -0.39 is 54.5 Å². The monoisotopic (exact) mass is 620 g/mol. The van der Waals surface area contributed by atoms with Gasteiger partial charge in [0.05, 0.1) is 26.4 Å². The maximum atomic E-state index is 9.37. The molecular formula is C22H56O10Si5. The molecule has 0 fully saturated rings. The molecule has 0 aliphatic carbocycles. The molecule has 4 N–H and O–H groups in total. The minimum absolute atomic E-state index is 0.143. The van der Waals surface area contributed by atoms with Gasteiger partial charge in [0.15, 0.2) is 16.6 Å². The number of rotatable bonds is 22. The average molecular weight is 621 g/mol. The van der Waals surface area contributed by atoms with E-state index >= 15 is 0 Å². The zero-order chi connectivity index (χ0) is 29.0. The minimum atomic E-state index is -2.53. The molecule has 0 aromatic carbocycles. The third-order valence-corrected chi connectivity index (χ3v) is 24.5. The van der Waals surface area contributed by atoms with E-state index in [0.29, 0.717) is 13.2 Å². The van der Waals surface area contributed by atoms with Crippen LogP contribution in [0.3, 0.4) is 0 Å². The first kappa shape index (κ1) is 37.7. The van der Waals surface area contributed by atoms with Gasteiger partial charge >= 0.3 is 25.7 Å². The molecular weight excluding hydrogens is 565 g/mol. The van der Waals surface area contributed by atoms with Crippen molar-refractivity contribution in [2.75, 3.05) is 39.6 Å². The van der Waals surface area contributed by atoms with Crippen molar-refractivity contribution < 1.29 is 46.4 Å². The van der Waals surface area contributed by atoms with Gasteiger partial charge in [-0.25, -0.2) is 0 Å². The maximum Gasteiger partial charge on any atom is 0.314 e. The van der Waals surface area contributed by atoms with E-state index in [4.69, 9.17) is 36.1 Å². The minimum Gasteiger partial charge on any atom is -0.436 e. The van der Waals surface area contributed by atoms with Crippen LogP contribution in [0.1, 0.15) is 12.8 Å². The highest BCUT2D eigenvalue weighted by Crippen LogP contribution is 2.28. The van der Waals surface area contributed by atoms with Crippen molar-refractivity contribution in [1.82, 2.24) is 0 Å². The van der Waals surface area contributed by atoms with Gasteiger partial charge < -0.3 is 46.4 Å². The predicted octanol–water partition coefficient (Wildman–Crippen LogP) is 3.09. The zero-order valence-electron chi connectivity index (χ0n) is 25.0. The highest BCUT2D eigenvalue weighted by Gasteiger charge is 2.45. The van der Waals surface area contributed by atoms with Gasteiger partial charge in [0.2, 0.25) is 0 Å². The molecule has 0 bridgehead atoms. The van der Waals surface area contributed by atoms with Gasteiger partial charge in [0, 0.05) is 13.2 Å². The van der Waals surface area contributed by atoms with Crippen LogP contribution in [0.2, 0.25) is 77.6 Å². The molecule has 0 radical (unpaired) electrons. The molecule has 0 saturated carbocycles. The Balaban J connectivity index is 4.70. The van der Waals surface area contributed by atoms with E-state index in [1.165, 1.54) is 0 Å². The molecule has 0 rings (SSSR count). The summed E-state index contributed by atoms with van der Waals surface area (Å²) in [5.41, 5.74) is 0. The second-order valence-corrected chi connectivity index (χ2v) is 31.9. The fourth-order valence-corrected chi connectivity index (χ4v) is 29.0. The number of hydrogen-bond donors (Lipinski definition) is 4. The van der Waals surface area contributed by atoms with Gasteiger partial charge in [0.1, 0.15) is 12.2 Å². The first-order chi connectivity index (χ1) is 16.7. The van der Waals surface area contributed by atoms with E-state index in [9.17, 15) is 10.2 Å². The van der Waals surface area contributed by atoms with Gasteiger partial charge in [0.25, 0.3) is 0 Å². The highest BCUT2D eigenvalue weighted by atomic mass is 28.5. The Bertz CT molecular complexity index is 573. The van der Waals surface area contributed by atoms with Crippen LogP contribution < -0.4 is 0 Å². The van der Waals surface area contributed by atoms with Crippen LogP contribution in [0.25, 0.3) is 0 Å². The molecule has 0 aromatic heterocycles. The SMILES string of the molecule is C[Si](C)(CCCOCC(O)CO)O[Si](C)(C)O[Si](C)(C)O[Si](C)(C)O[Si](C)(C)CCCOCC(O)CO. The van der Waals surface area contributed by atoms with Gasteiger partial charge in [-0.3, -0.25) is 0 Å². The Labute approximate surface area is 230 Å². The number of hydrogen-bond acceptors (Lipinski definition) is 10. The lowest BCUT2D eigenvalue weighted by Gasteiger charge is -2.42. The molecule has 15 heteroatoms. The van der Waals surface area contributed by atoms with Crippen LogP contribution in [0.4, 0.5) is 0 Å². The second kappa shape index (κ2) is 16.8. The van der Waals surface area contributed by atoms with Gasteiger partial charge in [-0.2, -0.15) is 0 Å². The summed E-state index contributed by atoms with van der Waals surface area (Å²) in [5, 5.41) is 36.5. The zero-order valence-corrected chi connectivity index (χ0v) is 30.0. The lowest BCUT2D eigenvalue weighted by molar-refractivity contribution is 0.00638. The Morgan fingerprint density at radius 1 is 0.514 bits per heavy atom. The van der Waals surface area contributed by atoms with Crippen molar-refractivity contribution in [2.24, 2.45) is 0 Å².